The van der Waals surface area contributed by atoms with E-state index in [2.05, 4.69) is 11.4 Å². The van der Waals surface area contributed by atoms with Crippen LogP contribution < -0.4 is 0 Å². The first-order valence-corrected chi connectivity index (χ1v) is 13.8. The summed E-state index contributed by atoms with van der Waals surface area (Å²) in [4.78, 5) is 17.7. The van der Waals surface area contributed by atoms with E-state index < -0.39 is 13.5 Å². The number of unbranched alkanes of at least 4 members (excludes halogenated alkanes) is 15. The fourth-order valence-corrected chi connectivity index (χ4v) is 4.09. The zero-order chi connectivity index (χ0) is 22.9. The predicted molar refractivity (Wildman–Crippen MR) is 125 cm³/mol. The molecule has 0 radical (unpaired) electrons. The van der Waals surface area contributed by atoms with Crippen molar-refractivity contribution in [3.8, 4) is 0 Å². The van der Waals surface area contributed by atoms with Crippen LogP contribution in [0.1, 0.15) is 117 Å². The van der Waals surface area contributed by atoms with E-state index in [-0.39, 0.29) is 11.1 Å². The summed E-state index contributed by atoms with van der Waals surface area (Å²) in [7, 11) is -0.827. The first-order valence-electron chi connectivity index (χ1n) is 12.3. The van der Waals surface area contributed by atoms with Crippen molar-refractivity contribution >= 4 is 7.82 Å². The molecule has 0 bridgehead atoms. The van der Waals surface area contributed by atoms with Crippen LogP contribution in [0.15, 0.2) is 0 Å². The highest BCUT2D eigenvalue weighted by atomic mass is 31.2. The van der Waals surface area contributed by atoms with Gasteiger partial charge in [-0.05, 0) is 12.8 Å². The minimum atomic E-state index is -4.57. The van der Waals surface area contributed by atoms with Crippen LogP contribution in [0, 0.1) is 0 Å². The van der Waals surface area contributed by atoms with Crippen molar-refractivity contribution in [2.75, 3.05) is 27.2 Å². The molecule has 0 amide bonds. The maximum atomic E-state index is 10.9. The van der Waals surface area contributed by atoms with Gasteiger partial charge in [-0.2, -0.15) is 0 Å². The van der Waals surface area contributed by atoms with Crippen molar-refractivity contribution in [2.45, 2.75) is 122 Å². The summed E-state index contributed by atoms with van der Waals surface area (Å²) in [5.74, 6) is 0. The summed E-state index contributed by atoms with van der Waals surface area (Å²) >= 11 is 0. The molecule has 182 valence electrons. The normalized spacial score (nSPS) is 14.8. The van der Waals surface area contributed by atoms with E-state index in [1.165, 1.54) is 89.9 Å². The van der Waals surface area contributed by atoms with Crippen LogP contribution in [0.5, 0.6) is 0 Å². The van der Waals surface area contributed by atoms with Crippen molar-refractivity contribution in [3.05, 3.63) is 0 Å². The van der Waals surface area contributed by atoms with E-state index in [9.17, 15) is 9.67 Å². The van der Waals surface area contributed by atoms with Crippen molar-refractivity contribution in [2.24, 2.45) is 0 Å². The molecule has 0 aromatic rings. The Morgan fingerprint density at radius 3 is 1.40 bits per heavy atom. The maximum absolute atomic E-state index is 10.9. The van der Waals surface area contributed by atoms with Gasteiger partial charge in [0.25, 0.3) is 0 Å². The monoisotopic (exact) mass is 452 g/mol. The molecular weight excluding hydrogens is 401 g/mol. The van der Waals surface area contributed by atoms with E-state index >= 15 is 0 Å². The van der Waals surface area contributed by atoms with Crippen LogP contribution in [0.2, 0.25) is 0 Å². The van der Waals surface area contributed by atoms with Crippen LogP contribution in [-0.4, -0.2) is 52.3 Å². The van der Waals surface area contributed by atoms with Gasteiger partial charge in [-0.1, -0.05) is 96.8 Å². The Morgan fingerprint density at radius 2 is 1.07 bits per heavy atom. The second kappa shape index (κ2) is 16.6. The second-order valence-corrected chi connectivity index (χ2v) is 10.9. The third-order valence-corrected chi connectivity index (χ3v) is 6.85. The molecule has 0 saturated carbocycles. The number of rotatable bonds is 21. The van der Waals surface area contributed by atoms with Crippen molar-refractivity contribution in [1.82, 2.24) is 0 Å². The number of hydrogen-bond acceptors (Lipinski definition) is 3. The molecule has 0 aromatic carbocycles. The van der Waals surface area contributed by atoms with E-state index in [1.807, 2.05) is 14.1 Å². The fraction of sp³-hybridized carbons (Fsp3) is 1.00. The Hall–Kier alpha value is 0.0300. The molecule has 1 atom stereocenters. The first kappa shape index (κ1) is 30.0. The van der Waals surface area contributed by atoms with Crippen LogP contribution in [0.4, 0.5) is 0 Å². The molecule has 0 aliphatic rings. The maximum Gasteiger partial charge on any atom is 0.469 e. The summed E-state index contributed by atoms with van der Waals surface area (Å²) < 4.78 is 15.6. The highest BCUT2D eigenvalue weighted by molar-refractivity contribution is 7.46. The molecule has 1 unspecified atom stereocenters. The largest absolute Gasteiger partial charge is 0.469 e. The lowest BCUT2D eigenvalue weighted by atomic mass is 10.0. The highest BCUT2D eigenvalue weighted by Crippen LogP contribution is 2.37. The first-order chi connectivity index (χ1) is 14.0. The van der Waals surface area contributed by atoms with Gasteiger partial charge in [0, 0.05) is 6.92 Å². The van der Waals surface area contributed by atoms with Gasteiger partial charge in [0.05, 0.1) is 20.6 Å². The molecule has 7 heteroatoms. The van der Waals surface area contributed by atoms with E-state index in [4.69, 9.17) is 9.79 Å². The number of hydrogen-bond donors (Lipinski definition) is 3. The third kappa shape index (κ3) is 16.7. The van der Waals surface area contributed by atoms with Gasteiger partial charge in [-0.25, -0.2) is 4.57 Å². The quantitative estimate of drug-likeness (QED) is 0.0842. The minimum absolute atomic E-state index is 0.256. The van der Waals surface area contributed by atoms with Crippen molar-refractivity contribution in [1.29, 1.82) is 0 Å². The fourth-order valence-electron chi connectivity index (χ4n) is 3.68. The number of aliphatic hydroxyl groups is 1. The zero-order valence-corrected chi connectivity index (χ0v) is 21.2. The Labute approximate surface area is 186 Å². The van der Waals surface area contributed by atoms with Gasteiger partial charge in [0.2, 0.25) is 5.72 Å². The molecule has 0 saturated heterocycles. The number of phosphoric acid groups is 1. The SMILES string of the molecule is CCCCCCCCCCCCCCCCCC[N+](C)(C)C(C)(O)COP(=O)(O)O. The standard InChI is InChI=1S/C23H50NO5P/c1-5-6-7-8-9-10-11-12-13-14-15-16-17-18-19-20-21-24(3,4)23(2,25)22-29-30(26,27)28/h25H,5-22H2,1-4H3,(H-,26,27,28)/p+1. The van der Waals surface area contributed by atoms with Gasteiger partial charge in [0.1, 0.15) is 6.61 Å². The van der Waals surface area contributed by atoms with E-state index in [1.54, 1.807) is 6.92 Å². The number of likely N-dealkylation sites (N-methyl/N-ethyl adjacent to an activating group) is 1. The van der Waals surface area contributed by atoms with Crippen molar-refractivity contribution in [3.63, 3.8) is 0 Å². The summed E-state index contributed by atoms with van der Waals surface area (Å²) in [6.07, 6.45) is 21.2. The Balaban J connectivity index is 3.57. The number of nitrogens with zero attached hydrogens (tertiary/aromatic N) is 1. The van der Waals surface area contributed by atoms with Crippen LogP contribution >= 0.6 is 7.82 Å². The van der Waals surface area contributed by atoms with Crippen LogP contribution in [0.25, 0.3) is 0 Å². The average Bonchev–Trinajstić information content (AvgIpc) is 2.65. The van der Waals surface area contributed by atoms with Crippen LogP contribution in [0.3, 0.4) is 0 Å². The molecule has 0 aromatic heterocycles. The Morgan fingerprint density at radius 1 is 0.733 bits per heavy atom. The summed E-state index contributed by atoms with van der Waals surface area (Å²) in [6, 6.07) is 0. The van der Waals surface area contributed by atoms with E-state index in [0.717, 1.165) is 19.4 Å². The third-order valence-electron chi connectivity index (χ3n) is 6.38. The van der Waals surface area contributed by atoms with Gasteiger partial charge in [-0.15, -0.1) is 0 Å². The molecule has 0 aliphatic carbocycles. The lowest BCUT2D eigenvalue weighted by molar-refractivity contribution is -0.965. The summed E-state index contributed by atoms with van der Waals surface area (Å²) in [5.41, 5.74) is -1.34. The van der Waals surface area contributed by atoms with Crippen LogP contribution in [-0.2, 0) is 9.09 Å². The van der Waals surface area contributed by atoms with Gasteiger partial charge in [0.15, 0.2) is 0 Å². The molecule has 6 nitrogen and oxygen atoms in total. The molecule has 0 rings (SSSR count). The number of quaternary nitrogens is 1. The van der Waals surface area contributed by atoms with E-state index in [0.29, 0.717) is 0 Å². The lowest BCUT2D eigenvalue weighted by Crippen LogP contribution is -2.60. The summed E-state index contributed by atoms with van der Waals surface area (Å²) in [5, 5.41) is 10.5. The highest BCUT2D eigenvalue weighted by Gasteiger charge is 2.40. The topological polar surface area (TPSA) is 87.0 Å². The Bertz CT molecular complexity index is 451. The molecule has 30 heavy (non-hydrogen) atoms. The molecule has 0 heterocycles. The molecule has 0 spiro atoms. The Kier molecular flexibility index (Phi) is 16.7. The molecule has 0 aliphatic heterocycles. The van der Waals surface area contributed by atoms with Crippen molar-refractivity contribution < 1.29 is 28.5 Å². The smallest absolute Gasteiger partial charge is 0.341 e. The minimum Gasteiger partial charge on any atom is -0.341 e. The van der Waals surface area contributed by atoms with Gasteiger partial charge < -0.3 is 14.9 Å². The van der Waals surface area contributed by atoms with Gasteiger partial charge >= 0.3 is 7.82 Å². The lowest BCUT2D eigenvalue weighted by Gasteiger charge is -2.42. The molecule has 0 fully saturated rings. The zero-order valence-electron chi connectivity index (χ0n) is 20.3. The number of phosphoric ester groups is 1. The predicted octanol–water partition coefficient (Wildman–Crippen LogP) is 6.14. The molecule has 3 N–H and O–H groups in total. The van der Waals surface area contributed by atoms with Gasteiger partial charge in [-0.3, -0.25) is 9.01 Å². The molecular formula is C23H51NO5P+. The second-order valence-electron chi connectivity index (χ2n) is 9.69. The average molecular weight is 453 g/mol. The summed E-state index contributed by atoms with van der Waals surface area (Å²) in [6.45, 7) is 4.19.